The lowest BCUT2D eigenvalue weighted by Gasteiger charge is -2.36. The minimum atomic E-state index is -0.419. The first-order chi connectivity index (χ1) is 15.0. The van der Waals surface area contributed by atoms with E-state index in [0.29, 0.717) is 36.6 Å². The molecule has 1 aliphatic rings. The summed E-state index contributed by atoms with van der Waals surface area (Å²) in [6, 6.07) is 18.2. The summed E-state index contributed by atoms with van der Waals surface area (Å²) < 4.78 is 26.3. The first-order valence-corrected chi connectivity index (χ1v) is 9.98. The number of amides is 3. The highest BCUT2D eigenvalue weighted by Crippen LogP contribution is 2.29. The molecule has 3 amide bonds. The summed E-state index contributed by atoms with van der Waals surface area (Å²) in [6.45, 7) is 1.48. The Morgan fingerprint density at radius 2 is 1.52 bits per heavy atom. The van der Waals surface area contributed by atoms with Crippen LogP contribution in [0.2, 0.25) is 0 Å². The average molecular weight is 421 g/mol. The van der Waals surface area contributed by atoms with Crippen LogP contribution in [-0.4, -0.2) is 29.9 Å². The molecule has 158 valence electrons. The molecule has 3 aromatic rings. The first-order valence-electron chi connectivity index (χ1n) is 9.98. The molecule has 1 saturated heterocycles. The number of urea groups is 1. The van der Waals surface area contributed by atoms with E-state index >= 15 is 0 Å². The van der Waals surface area contributed by atoms with Gasteiger partial charge in [-0.25, -0.2) is 13.6 Å². The summed E-state index contributed by atoms with van der Waals surface area (Å²) >= 11 is 0. The zero-order chi connectivity index (χ0) is 21.8. The van der Waals surface area contributed by atoms with Crippen molar-refractivity contribution in [3.8, 4) is 0 Å². The van der Waals surface area contributed by atoms with Crippen molar-refractivity contribution in [1.29, 1.82) is 0 Å². The number of carbonyl (C=O) groups excluding carboxylic acids is 2. The van der Waals surface area contributed by atoms with Gasteiger partial charge in [-0.05, 0) is 60.5 Å². The van der Waals surface area contributed by atoms with Crippen molar-refractivity contribution >= 4 is 23.3 Å². The topological polar surface area (TPSA) is 52.7 Å². The summed E-state index contributed by atoms with van der Waals surface area (Å²) in [5.41, 5.74) is 2.24. The number of hydrogen-bond acceptors (Lipinski definition) is 2. The number of benzene rings is 3. The Labute approximate surface area is 178 Å². The third-order valence-electron chi connectivity index (χ3n) is 5.15. The lowest BCUT2D eigenvalue weighted by Crippen LogP contribution is -2.49. The maximum atomic E-state index is 13.2. The standard InChI is InChI=1S/C24H21F2N3O2/c25-19-10-6-17(7-11-19)16-28-14-3-15-29(24(28)31)22-5-2-1-4-21(22)27-23(30)18-8-12-20(26)13-9-18/h1-2,4-13H,3,14-16H2,(H,27,30). The van der Waals surface area contributed by atoms with Crippen molar-refractivity contribution in [3.05, 3.63) is 95.6 Å². The molecule has 1 N–H and O–H groups in total. The number of hydrogen-bond donors (Lipinski definition) is 1. The Kier molecular flexibility index (Phi) is 5.93. The molecule has 7 heteroatoms. The number of rotatable bonds is 5. The largest absolute Gasteiger partial charge is 0.324 e. The zero-order valence-electron chi connectivity index (χ0n) is 16.7. The van der Waals surface area contributed by atoms with Gasteiger partial charge in [0.25, 0.3) is 5.91 Å². The molecule has 0 aromatic heterocycles. The van der Waals surface area contributed by atoms with E-state index in [1.54, 1.807) is 46.2 Å². The maximum Gasteiger partial charge on any atom is 0.324 e. The normalized spacial score (nSPS) is 13.9. The van der Waals surface area contributed by atoms with Crippen LogP contribution >= 0.6 is 0 Å². The van der Waals surface area contributed by atoms with Crippen LogP contribution in [0.5, 0.6) is 0 Å². The van der Waals surface area contributed by atoms with Gasteiger partial charge in [-0.1, -0.05) is 24.3 Å². The van der Waals surface area contributed by atoms with E-state index in [4.69, 9.17) is 0 Å². The average Bonchev–Trinajstić information content (AvgIpc) is 2.78. The van der Waals surface area contributed by atoms with E-state index in [-0.39, 0.29) is 17.8 Å². The van der Waals surface area contributed by atoms with Crippen LogP contribution in [0.25, 0.3) is 0 Å². The Balaban J connectivity index is 1.53. The minimum Gasteiger partial charge on any atom is -0.320 e. The SMILES string of the molecule is O=C(Nc1ccccc1N1CCCN(Cc2ccc(F)cc2)C1=O)c1ccc(F)cc1. The van der Waals surface area contributed by atoms with Gasteiger partial charge in [0, 0.05) is 25.2 Å². The molecule has 31 heavy (non-hydrogen) atoms. The van der Waals surface area contributed by atoms with Gasteiger partial charge in [0.2, 0.25) is 0 Å². The molecule has 0 bridgehead atoms. The van der Waals surface area contributed by atoms with Gasteiger partial charge in [-0.2, -0.15) is 0 Å². The van der Waals surface area contributed by atoms with Crippen LogP contribution in [0.3, 0.4) is 0 Å². The van der Waals surface area contributed by atoms with Gasteiger partial charge in [0.05, 0.1) is 11.4 Å². The first kappa shape index (κ1) is 20.5. The Bertz CT molecular complexity index is 1080. The predicted molar refractivity (Wildman–Crippen MR) is 115 cm³/mol. The quantitative estimate of drug-likeness (QED) is 0.627. The highest BCUT2D eigenvalue weighted by Gasteiger charge is 2.28. The van der Waals surface area contributed by atoms with Crippen LogP contribution < -0.4 is 10.2 Å². The smallest absolute Gasteiger partial charge is 0.320 e. The molecule has 4 rings (SSSR count). The second-order valence-electron chi connectivity index (χ2n) is 7.31. The molecule has 0 radical (unpaired) electrons. The van der Waals surface area contributed by atoms with Crippen LogP contribution in [-0.2, 0) is 6.54 Å². The fourth-order valence-electron chi connectivity index (χ4n) is 3.57. The van der Waals surface area contributed by atoms with Gasteiger partial charge in [-0.15, -0.1) is 0 Å². The molecule has 0 saturated carbocycles. The Morgan fingerprint density at radius 3 is 2.23 bits per heavy atom. The van der Waals surface area contributed by atoms with Gasteiger partial charge in [0.1, 0.15) is 11.6 Å². The van der Waals surface area contributed by atoms with Crippen molar-refractivity contribution in [2.45, 2.75) is 13.0 Å². The highest BCUT2D eigenvalue weighted by molar-refractivity contribution is 6.07. The molecule has 0 aliphatic carbocycles. The van der Waals surface area contributed by atoms with Crippen LogP contribution in [0.15, 0.2) is 72.8 Å². The summed E-state index contributed by atoms with van der Waals surface area (Å²) in [5.74, 6) is -1.13. The number of carbonyl (C=O) groups is 2. The van der Waals surface area contributed by atoms with E-state index in [2.05, 4.69) is 5.32 Å². The zero-order valence-corrected chi connectivity index (χ0v) is 16.7. The van der Waals surface area contributed by atoms with Crippen molar-refractivity contribution in [3.63, 3.8) is 0 Å². The molecule has 3 aromatic carbocycles. The summed E-state index contributed by atoms with van der Waals surface area (Å²) in [6.07, 6.45) is 0.757. The summed E-state index contributed by atoms with van der Waals surface area (Å²) in [7, 11) is 0. The lowest BCUT2D eigenvalue weighted by atomic mass is 10.1. The lowest BCUT2D eigenvalue weighted by molar-refractivity contribution is 0.102. The van der Waals surface area contributed by atoms with Crippen molar-refractivity contribution in [2.75, 3.05) is 23.3 Å². The van der Waals surface area contributed by atoms with Crippen LogP contribution in [0, 0.1) is 11.6 Å². The number of para-hydroxylation sites is 2. The molecule has 5 nitrogen and oxygen atoms in total. The molecule has 0 atom stereocenters. The van der Waals surface area contributed by atoms with Gasteiger partial charge in [0.15, 0.2) is 0 Å². The third-order valence-corrected chi connectivity index (χ3v) is 5.15. The molecular formula is C24H21F2N3O2. The Hall–Kier alpha value is -3.74. The molecule has 1 fully saturated rings. The Morgan fingerprint density at radius 1 is 0.871 bits per heavy atom. The number of halogens is 2. The minimum absolute atomic E-state index is 0.181. The highest BCUT2D eigenvalue weighted by atomic mass is 19.1. The molecule has 0 spiro atoms. The van der Waals surface area contributed by atoms with Crippen LogP contribution in [0.4, 0.5) is 25.0 Å². The van der Waals surface area contributed by atoms with Crippen molar-refractivity contribution < 1.29 is 18.4 Å². The summed E-state index contributed by atoms with van der Waals surface area (Å²) in [4.78, 5) is 29.1. The van der Waals surface area contributed by atoms with Gasteiger partial charge >= 0.3 is 6.03 Å². The second kappa shape index (κ2) is 8.95. The molecule has 1 aliphatic heterocycles. The van der Waals surface area contributed by atoms with Crippen molar-refractivity contribution in [2.24, 2.45) is 0 Å². The van der Waals surface area contributed by atoms with Crippen molar-refractivity contribution in [1.82, 2.24) is 4.90 Å². The monoisotopic (exact) mass is 421 g/mol. The molecular weight excluding hydrogens is 400 g/mol. The van der Waals surface area contributed by atoms with E-state index in [9.17, 15) is 18.4 Å². The maximum absolute atomic E-state index is 13.2. The van der Waals surface area contributed by atoms with E-state index in [0.717, 1.165) is 12.0 Å². The van der Waals surface area contributed by atoms with E-state index < -0.39 is 5.82 Å². The second-order valence-corrected chi connectivity index (χ2v) is 7.31. The van der Waals surface area contributed by atoms with E-state index in [1.807, 2.05) is 0 Å². The summed E-state index contributed by atoms with van der Waals surface area (Å²) in [5, 5.41) is 2.82. The number of nitrogens with zero attached hydrogens (tertiary/aromatic N) is 2. The third kappa shape index (κ3) is 4.71. The predicted octanol–water partition coefficient (Wildman–Crippen LogP) is 5.05. The molecule has 0 unspecified atom stereocenters. The number of nitrogens with one attached hydrogen (secondary N) is 1. The fourth-order valence-corrected chi connectivity index (χ4v) is 3.57. The van der Waals surface area contributed by atoms with Gasteiger partial charge in [-0.3, -0.25) is 9.69 Å². The van der Waals surface area contributed by atoms with E-state index in [1.165, 1.54) is 36.4 Å². The number of anilines is 2. The van der Waals surface area contributed by atoms with Gasteiger partial charge < -0.3 is 10.2 Å². The molecule has 1 heterocycles. The van der Waals surface area contributed by atoms with Crippen LogP contribution in [0.1, 0.15) is 22.3 Å². The fraction of sp³-hybridized carbons (Fsp3) is 0.167.